The SMILES string of the molecule is Br.COc1ccccc1OCCn1c(=N)n(Cc2ccccc2C)c2ccccc21. The fourth-order valence-corrected chi connectivity index (χ4v) is 3.62. The maximum Gasteiger partial charge on any atom is 0.203 e. The zero-order valence-corrected chi connectivity index (χ0v) is 18.9. The number of aryl methyl sites for hydroxylation is 1. The molecule has 0 bridgehead atoms. The van der Waals surface area contributed by atoms with Crippen molar-refractivity contribution in [3.8, 4) is 11.5 Å². The van der Waals surface area contributed by atoms with Gasteiger partial charge in [0.25, 0.3) is 0 Å². The third-order valence-corrected chi connectivity index (χ3v) is 5.21. The number of hydrogen-bond acceptors (Lipinski definition) is 3. The van der Waals surface area contributed by atoms with Gasteiger partial charge in [-0.3, -0.25) is 5.41 Å². The number of fused-ring (bicyclic) bond motifs is 1. The molecule has 0 spiro atoms. The normalized spacial score (nSPS) is 10.6. The van der Waals surface area contributed by atoms with Gasteiger partial charge in [-0.25, -0.2) is 0 Å². The van der Waals surface area contributed by atoms with Crippen molar-refractivity contribution < 1.29 is 9.47 Å². The lowest BCUT2D eigenvalue weighted by Crippen LogP contribution is -2.27. The number of aromatic nitrogens is 2. The molecule has 1 heterocycles. The zero-order chi connectivity index (χ0) is 20.2. The Morgan fingerprint density at radius 1 is 0.800 bits per heavy atom. The minimum atomic E-state index is 0. The van der Waals surface area contributed by atoms with Gasteiger partial charge in [0, 0.05) is 0 Å². The van der Waals surface area contributed by atoms with Crippen LogP contribution < -0.4 is 15.1 Å². The van der Waals surface area contributed by atoms with Crippen LogP contribution in [-0.2, 0) is 13.1 Å². The summed E-state index contributed by atoms with van der Waals surface area (Å²) in [7, 11) is 1.64. The molecule has 5 nitrogen and oxygen atoms in total. The van der Waals surface area contributed by atoms with Crippen LogP contribution in [0.4, 0.5) is 0 Å². The fourth-order valence-electron chi connectivity index (χ4n) is 3.62. The van der Waals surface area contributed by atoms with Gasteiger partial charge in [0.15, 0.2) is 11.5 Å². The summed E-state index contributed by atoms with van der Waals surface area (Å²) in [6.45, 7) is 3.82. The summed E-state index contributed by atoms with van der Waals surface area (Å²) in [4.78, 5) is 0. The topological polar surface area (TPSA) is 52.2 Å². The predicted octanol–water partition coefficient (Wildman–Crippen LogP) is 4.94. The molecule has 6 heteroatoms. The van der Waals surface area contributed by atoms with Crippen molar-refractivity contribution in [1.29, 1.82) is 5.41 Å². The van der Waals surface area contributed by atoms with E-state index in [0.29, 0.717) is 36.8 Å². The van der Waals surface area contributed by atoms with Gasteiger partial charge in [-0.2, -0.15) is 0 Å². The Morgan fingerprint density at radius 2 is 1.40 bits per heavy atom. The Morgan fingerprint density at radius 3 is 2.10 bits per heavy atom. The average Bonchev–Trinajstić information content (AvgIpc) is 3.01. The van der Waals surface area contributed by atoms with E-state index in [1.165, 1.54) is 11.1 Å². The average molecular weight is 468 g/mol. The van der Waals surface area contributed by atoms with Crippen LogP contribution in [0, 0.1) is 12.3 Å². The highest BCUT2D eigenvalue weighted by atomic mass is 79.9. The molecule has 0 aliphatic rings. The lowest BCUT2D eigenvalue weighted by molar-refractivity contribution is 0.278. The molecule has 0 radical (unpaired) electrons. The highest BCUT2D eigenvalue weighted by Crippen LogP contribution is 2.25. The summed E-state index contributed by atoms with van der Waals surface area (Å²) in [6, 6.07) is 24.1. The van der Waals surface area contributed by atoms with Crippen LogP contribution in [0.5, 0.6) is 11.5 Å². The Bertz CT molecular complexity index is 1200. The van der Waals surface area contributed by atoms with Crippen molar-refractivity contribution in [1.82, 2.24) is 9.13 Å². The molecule has 3 aromatic carbocycles. The first-order valence-corrected chi connectivity index (χ1v) is 9.72. The Hall–Kier alpha value is -2.99. The quantitative estimate of drug-likeness (QED) is 0.418. The molecule has 0 saturated heterocycles. The summed E-state index contributed by atoms with van der Waals surface area (Å²) >= 11 is 0. The summed E-state index contributed by atoms with van der Waals surface area (Å²) < 4.78 is 15.4. The number of methoxy groups -OCH3 is 1. The molecule has 156 valence electrons. The summed E-state index contributed by atoms with van der Waals surface area (Å²) in [6.07, 6.45) is 0. The van der Waals surface area contributed by atoms with E-state index in [-0.39, 0.29) is 17.0 Å². The molecule has 0 aliphatic carbocycles. The van der Waals surface area contributed by atoms with E-state index < -0.39 is 0 Å². The van der Waals surface area contributed by atoms with Crippen molar-refractivity contribution >= 4 is 28.0 Å². The van der Waals surface area contributed by atoms with Crippen molar-refractivity contribution in [2.75, 3.05) is 13.7 Å². The van der Waals surface area contributed by atoms with E-state index in [1.54, 1.807) is 7.11 Å². The van der Waals surface area contributed by atoms with Gasteiger partial charge in [0.1, 0.15) is 6.61 Å². The lowest BCUT2D eigenvalue weighted by Gasteiger charge is -2.11. The van der Waals surface area contributed by atoms with E-state index in [1.807, 2.05) is 53.1 Å². The maximum absolute atomic E-state index is 8.80. The number of hydrogen-bond donors (Lipinski definition) is 1. The van der Waals surface area contributed by atoms with Crippen LogP contribution in [0.1, 0.15) is 11.1 Å². The third kappa shape index (κ3) is 4.28. The van der Waals surface area contributed by atoms with E-state index in [0.717, 1.165) is 11.0 Å². The Balaban J connectivity index is 0.00000256. The predicted molar refractivity (Wildman–Crippen MR) is 125 cm³/mol. The van der Waals surface area contributed by atoms with E-state index in [4.69, 9.17) is 14.9 Å². The van der Waals surface area contributed by atoms with E-state index >= 15 is 0 Å². The summed E-state index contributed by atoms with van der Waals surface area (Å²) in [5, 5.41) is 8.80. The first-order chi connectivity index (χ1) is 14.2. The molecular weight excluding hydrogens is 442 g/mol. The number of nitrogens with zero attached hydrogens (tertiary/aromatic N) is 2. The largest absolute Gasteiger partial charge is 0.493 e. The number of rotatable bonds is 7. The Labute approximate surface area is 186 Å². The molecular formula is C24H26BrN3O2. The first kappa shape index (κ1) is 21.7. The van der Waals surface area contributed by atoms with Gasteiger partial charge in [0.05, 0.1) is 31.2 Å². The molecule has 4 rings (SSSR count). The van der Waals surface area contributed by atoms with Crippen LogP contribution in [0.3, 0.4) is 0 Å². The fraction of sp³-hybridized carbons (Fsp3) is 0.208. The second kappa shape index (κ2) is 9.67. The third-order valence-electron chi connectivity index (χ3n) is 5.21. The van der Waals surface area contributed by atoms with Crippen molar-refractivity contribution in [3.05, 3.63) is 89.5 Å². The highest BCUT2D eigenvalue weighted by Gasteiger charge is 2.12. The smallest absolute Gasteiger partial charge is 0.203 e. The minimum Gasteiger partial charge on any atom is -0.493 e. The van der Waals surface area contributed by atoms with E-state index in [2.05, 4.69) is 35.8 Å². The maximum atomic E-state index is 8.80. The van der Waals surface area contributed by atoms with Crippen LogP contribution in [-0.4, -0.2) is 22.9 Å². The van der Waals surface area contributed by atoms with Crippen molar-refractivity contribution in [2.45, 2.75) is 20.0 Å². The number of halogens is 1. The number of imidazole rings is 1. The molecule has 1 N–H and O–H groups in total. The van der Waals surface area contributed by atoms with Gasteiger partial charge in [0.2, 0.25) is 5.62 Å². The number of ether oxygens (including phenoxy) is 2. The van der Waals surface area contributed by atoms with Crippen LogP contribution in [0.2, 0.25) is 0 Å². The number of nitrogens with one attached hydrogen (secondary N) is 1. The number of para-hydroxylation sites is 4. The van der Waals surface area contributed by atoms with Gasteiger partial charge < -0.3 is 18.6 Å². The highest BCUT2D eigenvalue weighted by molar-refractivity contribution is 8.93. The van der Waals surface area contributed by atoms with E-state index in [9.17, 15) is 0 Å². The zero-order valence-electron chi connectivity index (χ0n) is 17.2. The lowest BCUT2D eigenvalue weighted by atomic mass is 10.1. The molecule has 0 fully saturated rings. The second-order valence-corrected chi connectivity index (χ2v) is 6.98. The van der Waals surface area contributed by atoms with Gasteiger partial charge >= 0.3 is 0 Å². The molecule has 0 unspecified atom stereocenters. The standard InChI is InChI=1S/C24H25N3O2.BrH/c1-18-9-3-4-10-19(18)17-27-21-12-6-5-11-20(21)26(24(27)25)15-16-29-23-14-8-7-13-22(23)28-2;/h3-14,25H,15-17H2,1-2H3;1H. The molecule has 0 atom stereocenters. The molecule has 0 amide bonds. The van der Waals surface area contributed by atoms with Crippen molar-refractivity contribution in [3.63, 3.8) is 0 Å². The van der Waals surface area contributed by atoms with Crippen molar-refractivity contribution in [2.24, 2.45) is 0 Å². The van der Waals surface area contributed by atoms with Gasteiger partial charge in [-0.15, -0.1) is 17.0 Å². The van der Waals surface area contributed by atoms with Crippen LogP contribution in [0.25, 0.3) is 11.0 Å². The Kier molecular flexibility index (Phi) is 7.00. The van der Waals surface area contributed by atoms with Crippen LogP contribution >= 0.6 is 17.0 Å². The molecule has 0 aliphatic heterocycles. The second-order valence-electron chi connectivity index (χ2n) is 6.98. The first-order valence-electron chi connectivity index (χ1n) is 9.72. The molecule has 30 heavy (non-hydrogen) atoms. The molecule has 0 saturated carbocycles. The minimum absolute atomic E-state index is 0. The molecule has 4 aromatic rings. The summed E-state index contributed by atoms with van der Waals surface area (Å²) in [5.41, 5.74) is 5.01. The van der Waals surface area contributed by atoms with Gasteiger partial charge in [-0.1, -0.05) is 48.5 Å². The van der Waals surface area contributed by atoms with Crippen LogP contribution in [0.15, 0.2) is 72.8 Å². The number of benzene rings is 3. The summed E-state index contributed by atoms with van der Waals surface area (Å²) in [5.74, 6) is 1.43. The van der Waals surface area contributed by atoms with Gasteiger partial charge in [-0.05, 0) is 42.3 Å². The monoisotopic (exact) mass is 467 g/mol. The molecule has 1 aromatic heterocycles.